The number of esters is 1. The van der Waals surface area contributed by atoms with Gasteiger partial charge in [0.05, 0.1) is 7.11 Å². The fourth-order valence-electron chi connectivity index (χ4n) is 1.93. The van der Waals surface area contributed by atoms with Gasteiger partial charge in [-0.1, -0.05) is 12.1 Å². The normalized spacial score (nSPS) is 10.7. The highest BCUT2D eigenvalue weighted by Gasteiger charge is 2.14. The van der Waals surface area contributed by atoms with Crippen molar-refractivity contribution in [2.45, 2.75) is 0 Å². The molecule has 0 aliphatic heterocycles. The number of ether oxygens (including phenoxy) is 2. The number of rotatable bonds is 6. The molecule has 0 saturated carbocycles. The Morgan fingerprint density at radius 1 is 1.12 bits per heavy atom. The molecule has 0 spiro atoms. The maximum absolute atomic E-state index is 12.8. The van der Waals surface area contributed by atoms with Crippen LogP contribution < -0.4 is 4.74 Å². The summed E-state index contributed by atoms with van der Waals surface area (Å²) < 4.78 is 22.7. The highest BCUT2D eigenvalue weighted by molar-refractivity contribution is 6.01. The number of Topliss-reactive ketones (excluding diaryl/α,β-unsaturated/α-hetero) is 1. The van der Waals surface area contributed by atoms with Gasteiger partial charge in [-0.25, -0.2) is 9.18 Å². The number of methoxy groups -OCH3 is 1. The number of hydrogen-bond donors (Lipinski definition) is 0. The van der Waals surface area contributed by atoms with Gasteiger partial charge >= 0.3 is 5.97 Å². The zero-order chi connectivity index (χ0) is 18.2. The van der Waals surface area contributed by atoms with Gasteiger partial charge in [0, 0.05) is 5.56 Å². The van der Waals surface area contributed by atoms with Crippen LogP contribution in [0.15, 0.2) is 54.1 Å². The molecule has 25 heavy (non-hydrogen) atoms. The lowest BCUT2D eigenvalue weighted by atomic mass is 10.1. The first-order valence-electron chi connectivity index (χ1n) is 7.25. The van der Waals surface area contributed by atoms with Gasteiger partial charge in [-0.2, -0.15) is 5.26 Å². The summed E-state index contributed by atoms with van der Waals surface area (Å²) in [5.41, 5.74) is 0.586. The molecule has 0 heterocycles. The van der Waals surface area contributed by atoms with Gasteiger partial charge in [0.1, 0.15) is 23.2 Å². The van der Waals surface area contributed by atoms with E-state index in [-0.39, 0.29) is 11.1 Å². The molecule has 0 radical (unpaired) electrons. The molecule has 6 heteroatoms. The van der Waals surface area contributed by atoms with Gasteiger partial charge in [0.15, 0.2) is 12.4 Å². The number of nitrogens with zero attached hydrogens (tertiary/aromatic N) is 1. The van der Waals surface area contributed by atoms with Gasteiger partial charge in [0.2, 0.25) is 0 Å². The number of carbonyl (C=O) groups excluding carboxylic acids is 2. The van der Waals surface area contributed by atoms with E-state index in [1.165, 1.54) is 25.3 Å². The Balaban J connectivity index is 2.01. The minimum Gasteiger partial charge on any atom is -0.497 e. The van der Waals surface area contributed by atoms with Crippen LogP contribution in [0.5, 0.6) is 5.75 Å². The summed E-state index contributed by atoms with van der Waals surface area (Å²) in [7, 11) is 1.53. The van der Waals surface area contributed by atoms with Crippen molar-refractivity contribution in [1.29, 1.82) is 5.26 Å². The van der Waals surface area contributed by atoms with Crippen LogP contribution in [0.3, 0.4) is 0 Å². The third kappa shape index (κ3) is 5.01. The van der Waals surface area contributed by atoms with E-state index in [1.54, 1.807) is 30.3 Å². The Morgan fingerprint density at radius 2 is 1.76 bits per heavy atom. The predicted molar refractivity (Wildman–Crippen MR) is 88.3 cm³/mol. The van der Waals surface area contributed by atoms with Gasteiger partial charge in [-0.05, 0) is 48.0 Å². The predicted octanol–water partition coefficient (Wildman–Crippen LogP) is 3.17. The zero-order valence-electron chi connectivity index (χ0n) is 13.4. The van der Waals surface area contributed by atoms with Crippen LogP contribution in [0.1, 0.15) is 15.9 Å². The number of nitriles is 1. The van der Waals surface area contributed by atoms with Crippen LogP contribution >= 0.6 is 0 Å². The summed E-state index contributed by atoms with van der Waals surface area (Å²) in [4.78, 5) is 23.8. The van der Waals surface area contributed by atoms with Crippen molar-refractivity contribution in [3.63, 3.8) is 0 Å². The molecule has 0 saturated heterocycles. The Bertz CT molecular complexity index is 833. The van der Waals surface area contributed by atoms with Crippen molar-refractivity contribution >= 4 is 17.8 Å². The second-order valence-corrected chi connectivity index (χ2v) is 4.95. The third-order valence-electron chi connectivity index (χ3n) is 3.27. The topological polar surface area (TPSA) is 76.4 Å². The van der Waals surface area contributed by atoms with Crippen molar-refractivity contribution in [3.8, 4) is 11.8 Å². The van der Waals surface area contributed by atoms with Gasteiger partial charge in [-0.3, -0.25) is 4.79 Å². The van der Waals surface area contributed by atoms with Crippen LogP contribution in [-0.2, 0) is 9.53 Å². The summed E-state index contributed by atoms with van der Waals surface area (Å²) in [6.45, 7) is -0.536. The van der Waals surface area contributed by atoms with E-state index in [9.17, 15) is 14.0 Å². The fourth-order valence-corrected chi connectivity index (χ4v) is 1.93. The molecule has 0 fully saturated rings. The minimum atomic E-state index is -0.909. The molecule has 2 rings (SSSR count). The van der Waals surface area contributed by atoms with E-state index in [0.29, 0.717) is 11.3 Å². The maximum Gasteiger partial charge on any atom is 0.349 e. The molecular weight excluding hydrogens is 325 g/mol. The molecule has 126 valence electrons. The first-order chi connectivity index (χ1) is 12.0. The van der Waals surface area contributed by atoms with E-state index in [1.807, 2.05) is 0 Å². The number of benzene rings is 2. The van der Waals surface area contributed by atoms with Crippen molar-refractivity contribution in [3.05, 3.63) is 71.0 Å². The highest BCUT2D eigenvalue weighted by Crippen LogP contribution is 2.14. The maximum atomic E-state index is 12.8. The highest BCUT2D eigenvalue weighted by atomic mass is 19.1. The van der Waals surface area contributed by atoms with E-state index in [2.05, 4.69) is 0 Å². The minimum absolute atomic E-state index is 0.215. The first-order valence-corrected chi connectivity index (χ1v) is 7.25. The van der Waals surface area contributed by atoms with Gasteiger partial charge in [-0.15, -0.1) is 0 Å². The lowest BCUT2D eigenvalue weighted by Crippen LogP contribution is -2.15. The van der Waals surface area contributed by atoms with Crippen molar-refractivity contribution in [2.75, 3.05) is 13.7 Å². The van der Waals surface area contributed by atoms with E-state index < -0.39 is 24.2 Å². The van der Waals surface area contributed by atoms with Crippen LogP contribution in [0, 0.1) is 17.1 Å². The molecule has 0 bridgehead atoms. The summed E-state index contributed by atoms with van der Waals surface area (Å²) in [5, 5.41) is 9.10. The molecule has 2 aromatic carbocycles. The Morgan fingerprint density at radius 3 is 2.32 bits per heavy atom. The second-order valence-electron chi connectivity index (χ2n) is 4.95. The van der Waals surface area contributed by atoms with Crippen molar-refractivity contribution in [2.24, 2.45) is 0 Å². The van der Waals surface area contributed by atoms with Crippen LogP contribution in [0.2, 0.25) is 0 Å². The summed E-state index contributed by atoms with van der Waals surface area (Å²) >= 11 is 0. The molecular formula is C19H14FNO4. The SMILES string of the molecule is COc1ccc(/C=C(\C#N)C(=O)OCC(=O)c2ccc(F)cc2)cc1. The van der Waals surface area contributed by atoms with E-state index >= 15 is 0 Å². The zero-order valence-corrected chi connectivity index (χ0v) is 13.4. The number of carbonyl (C=O) groups is 2. The Labute approximate surface area is 143 Å². The lowest BCUT2D eigenvalue weighted by molar-refractivity contribution is -0.137. The molecule has 2 aromatic rings. The van der Waals surface area contributed by atoms with Crippen LogP contribution in [0.25, 0.3) is 6.08 Å². The fraction of sp³-hybridized carbons (Fsp3) is 0.105. The molecule has 0 aromatic heterocycles. The van der Waals surface area contributed by atoms with Gasteiger partial charge in [0.25, 0.3) is 0 Å². The molecule has 0 atom stereocenters. The standard InChI is InChI=1S/C19H14FNO4/c1-24-17-8-2-13(3-9-17)10-15(11-21)19(23)25-12-18(22)14-4-6-16(20)7-5-14/h2-10H,12H2,1H3/b15-10+. The largest absolute Gasteiger partial charge is 0.497 e. The molecule has 0 unspecified atom stereocenters. The Kier molecular flexibility index (Phi) is 6.02. The average molecular weight is 339 g/mol. The molecule has 0 aliphatic carbocycles. The van der Waals surface area contributed by atoms with E-state index in [0.717, 1.165) is 12.1 Å². The number of ketones is 1. The summed E-state index contributed by atoms with van der Waals surface area (Å²) in [5.74, 6) is -1.23. The van der Waals surface area contributed by atoms with Crippen LogP contribution in [-0.4, -0.2) is 25.5 Å². The monoisotopic (exact) mass is 339 g/mol. The molecule has 0 amide bonds. The summed E-state index contributed by atoms with van der Waals surface area (Å²) in [6.07, 6.45) is 1.35. The van der Waals surface area contributed by atoms with Crippen LogP contribution in [0.4, 0.5) is 4.39 Å². The molecule has 0 N–H and O–H groups in total. The van der Waals surface area contributed by atoms with Crippen molar-refractivity contribution < 1.29 is 23.5 Å². The van der Waals surface area contributed by atoms with E-state index in [4.69, 9.17) is 14.7 Å². The van der Waals surface area contributed by atoms with Crippen molar-refractivity contribution in [1.82, 2.24) is 0 Å². The smallest absolute Gasteiger partial charge is 0.349 e. The lowest BCUT2D eigenvalue weighted by Gasteiger charge is -2.04. The number of hydrogen-bond acceptors (Lipinski definition) is 5. The molecule has 0 aliphatic rings. The Hall–Kier alpha value is -3.46. The quantitative estimate of drug-likeness (QED) is 0.350. The average Bonchev–Trinajstić information content (AvgIpc) is 2.65. The second kappa shape index (κ2) is 8.41. The van der Waals surface area contributed by atoms with Gasteiger partial charge < -0.3 is 9.47 Å². The summed E-state index contributed by atoms with van der Waals surface area (Å²) in [6, 6.07) is 13.3. The third-order valence-corrected chi connectivity index (χ3v) is 3.27. The first kappa shape index (κ1) is 17.9. The molecule has 5 nitrogen and oxygen atoms in total. The number of halogens is 1.